The van der Waals surface area contributed by atoms with Crippen LogP contribution in [-0.2, 0) is 0 Å². The largest absolute Gasteiger partial charge is 0.365 e. The summed E-state index contributed by atoms with van der Waals surface area (Å²) in [5.41, 5.74) is 1.01. The van der Waals surface area contributed by atoms with Crippen LogP contribution in [-0.4, -0.2) is 21.4 Å². The molecule has 2 rings (SSSR count). The molecule has 0 aliphatic heterocycles. The second kappa shape index (κ2) is 4.88. The standard InChI is InChI=1S/C10H10N4O2S/c1-2-11-10-9(14(15)16)8(12-6-13-10)7-3-4-17-5-7/h3-6H,2H2,1H3,(H,11,12,13). The molecule has 0 aliphatic carbocycles. The zero-order chi connectivity index (χ0) is 12.3. The highest BCUT2D eigenvalue weighted by atomic mass is 32.1. The Kier molecular flexibility index (Phi) is 3.29. The van der Waals surface area contributed by atoms with Crippen LogP contribution in [0.5, 0.6) is 0 Å². The molecule has 17 heavy (non-hydrogen) atoms. The van der Waals surface area contributed by atoms with E-state index >= 15 is 0 Å². The molecule has 0 bridgehead atoms. The summed E-state index contributed by atoms with van der Waals surface area (Å²) in [5.74, 6) is 0.258. The van der Waals surface area contributed by atoms with Crippen molar-refractivity contribution in [1.82, 2.24) is 9.97 Å². The molecule has 7 heteroatoms. The second-order valence-electron chi connectivity index (χ2n) is 3.22. The normalized spacial score (nSPS) is 10.2. The Morgan fingerprint density at radius 1 is 1.53 bits per heavy atom. The first-order valence-corrected chi connectivity index (χ1v) is 5.94. The molecule has 0 amide bonds. The number of nitro groups is 1. The number of hydrogen-bond acceptors (Lipinski definition) is 6. The third-order valence-corrected chi connectivity index (χ3v) is 2.83. The van der Waals surface area contributed by atoms with Crippen molar-refractivity contribution in [3.05, 3.63) is 33.3 Å². The van der Waals surface area contributed by atoms with E-state index in [1.54, 1.807) is 6.07 Å². The first kappa shape index (κ1) is 11.5. The van der Waals surface area contributed by atoms with Crippen LogP contribution >= 0.6 is 11.3 Å². The van der Waals surface area contributed by atoms with Gasteiger partial charge in [0.1, 0.15) is 6.33 Å². The van der Waals surface area contributed by atoms with Gasteiger partial charge in [-0.05, 0) is 18.4 Å². The number of nitrogens with one attached hydrogen (secondary N) is 1. The first-order valence-electron chi connectivity index (χ1n) is 5.00. The van der Waals surface area contributed by atoms with Crippen molar-refractivity contribution in [2.24, 2.45) is 0 Å². The lowest BCUT2D eigenvalue weighted by Gasteiger charge is -2.05. The monoisotopic (exact) mass is 250 g/mol. The summed E-state index contributed by atoms with van der Waals surface area (Å²) in [5, 5.41) is 17.7. The van der Waals surface area contributed by atoms with Crippen LogP contribution in [0.15, 0.2) is 23.2 Å². The molecule has 0 saturated heterocycles. The molecule has 0 aliphatic rings. The van der Waals surface area contributed by atoms with Gasteiger partial charge in [-0.15, -0.1) is 0 Å². The van der Waals surface area contributed by atoms with Gasteiger partial charge >= 0.3 is 5.69 Å². The smallest absolute Gasteiger partial charge is 0.337 e. The van der Waals surface area contributed by atoms with Gasteiger partial charge in [-0.25, -0.2) is 9.97 Å². The lowest BCUT2D eigenvalue weighted by atomic mass is 10.2. The van der Waals surface area contributed by atoms with Crippen LogP contribution in [0.25, 0.3) is 11.3 Å². The Hall–Kier alpha value is -2.02. The highest BCUT2D eigenvalue weighted by molar-refractivity contribution is 7.08. The Labute approximate surface area is 102 Å². The Balaban J connectivity index is 2.59. The number of thiophene rings is 1. The van der Waals surface area contributed by atoms with Crippen LogP contribution in [0.3, 0.4) is 0 Å². The number of hydrogen-bond donors (Lipinski definition) is 1. The van der Waals surface area contributed by atoms with Crippen LogP contribution in [0.2, 0.25) is 0 Å². The fourth-order valence-corrected chi connectivity index (χ4v) is 2.10. The van der Waals surface area contributed by atoms with Crippen molar-refractivity contribution >= 4 is 22.8 Å². The third-order valence-electron chi connectivity index (χ3n) is 2.14. The minimum atomic E-state index is -0.453. The van der Waals surface area contributed by atoms with Gasteiger partial charge in [0.25, 0.3) is 0 Å². The summed E-state index contributed by atoms with van der Waals surface area (Å²) < 4.78 is 0. The molecule has 0 aromatic carbocycles. The van der Waals surface area contributed by atoms with E-state index in [1.165, 1.54) is 17.7 Å². The van der Waals surface area contributed by atoms with E-state index in [1.807, 2.05) is 17.7 Å². The van der Waals surface area contributed by atoms with E-state index in [0.717, 1.165) is 5.56 Å². The van der Waals surface area contributed by atoms with Gasteiger partial charge in [-0.3, -0.25) is 10.1 Å². The molecule has 0 fully saturated rings. The molecule has 2 aromatic heterocycles. The quantitative estimate of drug-likeness (QED) is 0.666. The summed E-state index contributed by atoms with van der Waals surface area (Å²) in [6.45, 7) is 2.43. The molecular weight excluding hydrogens is 240 g/mol. The van der Waals surface area contributed by atoms with Crippen LogP contribution in [0.1, 0.15) is 6.92 Å². The van der Waals surface area contributed by atoms with Crippen molar-refractivity contribution in [2.75, 3.05) is 11.9 Å². The van der Waals surface area contributed by atoms with Crippen molar-refractivity contribution < 1.29 is 4.92 Å². The van der Waals surface area contributed by atoms with Gasteiger partial charge in [-0.2, -0.15) is 11.3 Å². The van der Waals surface area contributed by atoms with Gasteiger partial charge < -0.3 is 5.32 Å². The van der Waals surface area contributed by atoms with Crippen molar-refractivity contribution in [3.8, 4) is 11.3 Å². The predicted octanol–water partition coefficient (Wildman–Crippen LogP) is 2.55. The zero-order valence-corrected chi connectivity index (χ0v) is 9.90. The van der Waals surface area contributed by atoms with E-state index < -0.39 is 4.92 Å². The Morgan fingerprint density at radius 3 is 2.94 bits per heavy atom. The van der Waals surface area contributed by atoms with Gasteiger partial charge in [0, 0.05) is 17.5 Å². The highest BCUT2D eigenvalue weighted by Crippen LogP contribution is 2.33. The molecule has 0 saturated carbocycles. The van der Waals surface area contributed by atoms with Gasteiger partial charge in [0.15, 0.2) is 5.69 Å². The first-order chi connectivity index (χ1) is 8.24. The van der Waals surface area contributed by atoms with Crippen molar-refractivity contribution in [1.29, 1.82) is 0 Å². The maximum absolute atomic E-state index is 11.1. The lowest BCUT2D eigenvalue weighted by Crippen LogP contribution is -2.05. The van der Waals surface area contributed by atoms with Crippen LogP contribution in [0.4, 0.5) is 11.5 Å². The topological polar surface area (TPSA) is 81.0 Å². The molecule has 2 heterocycles. The van der Waals surface area contributed by atoms with Crippen LogP contribution in [0, 0.1) is 10.1 Å². The molecule has 2 aromatic rings. The average Bonchev–Trinajstić information content (AvgIpc) is 2.82. The lowest BCUT2D eigenvalue weighted by molar-refractivity contribution is -0.383. The molecule has 6 nitrogen and oxygen atoms in total. The molecule has 0 spiro atoms. The van der Waals surface area contributed by atoms with Gasteiger partial charge in [-0.1, -0.05) is 0 Å². The summed E-state index contributed by atoms with van der Waals surface area (Å²) >= 11 is 1.47. The third kappa shape index (κ3) is 2.23. The summed E-state index contributed by atoms with van der Waals surface area (Å²) in [6, 6.07) is 1.80. The minimum Gasteiger partial charge on any atom is -0.365 e. The molecule has 0 radical (unpaired) electrons. The van der Waals surface area contributed by atoms with E-state index in [4.69, 9.17) is 0 Å². The summed E-state index contributed by atoms with van der Waals surface area (Å²) in [7, 11) is 0. The summed E-state index contributed by atoms with van der Waals surface area (Å²) in [6.07, 6.45) is 1.33. The molecule has 0 atom stereocenters. The molecule has 0 unspecified atom stereocenters. The Bertz CT molecular complexity index is 527. The maximum atomic E-state index is 11.1. The average molecular weight is 250 g/mol. The number of rotatable bonds is 4. The summed E-state index contributed by atoms with van der Waals surface area (Å²) in [4.78, 5) is 18.5. The number of aromatic nitrogens is 2. The SMILES string of the molecule is CCNc1ncnc(-c2ccsc2)c1[N+](=O)[O-]. The molecule has 88 valence electrons. The highest BCUT2D eigenvalue weighted by Gasteiger charge is 2.23. The number of anilines is 1. The van der Waals surface area contributed by atoms with E-state index in [2.05, 4.69) is 15.3 Å². The Morgan fingerprint density at radius 2 is 2.35 bits per heavy atom. The maximum Gasteiger partial charge on any atom is 0.337 e. The number of nitrogens with zero attached hydrogens (tertiary/aromatic N) is 3. The fraction of sp³-hybridized carbons (Fsp3) is 0.200. The van der Waals surface area contributed by atoms with E-state index in [-0.39, 0.29) is 11.5 Å². The van der Waals surface area contributed by atoms with Gasteiger partial charge in [0.2, 0.25) is 5.82 Å². The second-order valence-corrected chi connectivity index (χ2v) is 4.00. The minimum absolute atomic E-state index is 0.0762. The van der Waals surface area contributed by atoms with Crippen LogP contribution < -0.4 is 5.32 Å². The van der Waals surface area contributed by atoms with E-state index in [9.17, 15) is 10.1 Å². The van der Waals surface area contributed by atoms with Gasteiger partial charge in [0.05, 0.1) is 4.92 Å². The molecular formula is C10H10N4O2S. The zero-order valence-electron chi connectivity index (χ0n) is 9.08. The predicted molar refractivity (Wildman–Crippen MR) is 66.2 cm³/mol. The van der Waals surface area contributed by atoms with Crippen molar-refractivity contribution in [3.63, 3.8) is 0 Å². The molecule has 1 N–H and O–H groups in total. The van der Waals surface area contributed by atoms with E-state index in [0.29, 0.717) is 12.2 Å². The van der Waals surface area contributed by atoms with Crippen molar-refractivity contribution in [2.45, 2.75) is 6.92 Å². The fourth-order valence-electron chi connectivity index (χ4n) is 1.46.